The van der Waals surface area contributed by atoms with Gasteiger partial charge in [-0.15, -0.1) is 0 Å². The number of benzene rings is 1. The van der Waals surface area contributed by atoms with Crippen LogP contribution in [-0.4, -0.2) is 28.0 Å². The number of nitrogens with one attached hydrogen (secondary N) is 3. The molecular weight excluding hydrogens is 274 g/mol. The summed E-state index contributed by atoms with van der Waals surface area (Å²) in [5.74, 6) is 1.93. The summed E-state index contributed by atoms with van der Waals surface area (Å²) in [5, 5.41) is 7.74. The number of hydrogen-bond donors (Lipinski definition) is 3. The first-order valence-corrected chi connectivity index (χ1v) is 7.60. The molecule has 1 aromatic carbocycles. The number of nitrogens with zero attached hydrogens (tertiary/aromatic N) is 2. The predicted octanol–water partition coefficient (Wildman–Crippen LogP) is 2.52. The van der Waals surface area contributed by atoms with E-state index in [-0.39, 0.29) is 0 Å². The molecule has 0 aliphatic rings. The average molecular weight is 294 g/mol. The molecule has 113 valence electrons. The topological polar surface area (TPSA) is 65.6 Å². The molecule has 5 heteroatoms. The van der Waals surface area contributed by atoms with Crippen LogP contribution in [0, 0.1) is 6.07 Å². The molecule has 2 heterocycles. The third-order valence-corrected chi connectivity index (χ3v) is 3.45. The standard InChI is InChI=1S/C17H20N5/c1-2-16-20-12-14(21-16)11-18-9-10-19-17-8-7-13-5-3-4-6-15(13)22-17/h3-4,6-8,12,18H,2,9-11H2,1H3,(H,19,22)(H,20,21). The number of rotatable bonds is 7. The van der Waals surface area contributed by atoms with Crippen molar-refractivity contribution in [3.8, 4) is 0 Å². The van der Waals surface area contributed by atoms with Crippen LogP contribution in [0.25, 0.3) is 10.9 Å². The van der Waals surface area contributed by atoms with E-state index in [0.717, 1.165) is 54.3 Å². The van der Waals surface area contributed by atoms with Crippen LogP contribution >= 0.6 is 0 Å². The smallest absolute Gasteiger partial charge is 0.126 e. The number of anilines is 1. The van der Waals surface area contributed by atoms with Crippen molar-refractivity contribution in [2.75, 3.05) is 18.4 Å². The second-order valence-corrected chi connectivity index (χ2v) is 5.11. The molecule has 1 radical (unpaired) electrons. The van der Waals surface area contributed by atoms with Gasteiger partial charge in [0.25, 0.3) is 0 Å². The molecule has 0 saturated heterocycles. The monoisotopic (exact) mass is 294 g/mol. The molecule has 3 N–H and O–H groups in total. The summed E-state index contributed by atoms with van der Waals surface area (Å²) in [5.41, 5.74) is 2.08. The quantitative estimate of drug-likeness (QED) is 0.586. The van der Waals surface area contributed by atoms with Crippen LogP contribution in [0.1, 0.15) is 18.4 Å². The summed E-state index contributed by atoms with van der Waals surface area (Å²) in [7, 11) is 0. The van der Waals surface area contributed by atoms with Crippen LogP contribution in [0.2, 0.25) is 0 Å². The number of hydrogen-bond acceptors (Lipinski definition) is 4. The van der Waals surface area contributed by atoms with E-state index < -0.39 is 0 Å². The third kappa shape index (κ3) is 3.62. The SMILES string of the molecule is CCc1ncc(CNCCNc2ccc3[c]cccc3n2)[nH]1. The Morgan fingerprint density at radius 2 is 2.18 bits per heavy atom. The molecule has 0 spiro atoms. The van der Waals surface area contributed by atoms with E-state index in [2.05, 4.69) is 38.6 Å². The van der Waals surface area contributed by atoms with E-state index in [1.807, 2.05) is 36.5 Å². The first-order valence-electron chi connectivity index (χ1n) is 7.60. The summed E-state index contributed by atoms with van der Waals surface area (Å²) in [6, 6.07) is 13.0. The second-order valence-electron chi connectivity index (χ2n) is 5.11. The Balaban J connectivity index is 1.44. The Hall–Kier alpha value is -2.40. The van der Waals surface area contributed by atoms with E-state index >= 15 is 0 Å². The maximum absolute atomic E-state index is 4.56. The maximum atomic E-state index is 4.56. The molecule has 0 amide bonds. The number of aryl methyl sites for hydroxylation is 1. The fraction of sp³-hybridized carbons (Fsp3) is 0.294. The Morgan fingerprint density at radius 1 is 1.23 bits per heavy atom. The Kier molecular flexibility index (Phi) is 4.65. The van der Waals surface area contributed by atoms with Crippen molar-refractivity contribution in [1.82, 2.24) is 20.3 Å². The number of fused-ring (bicyclic) bond motifs is 1. The van der Waals surface area contributed by atoms with Gasteiger partial charge in [0.1, 0.15) is 11.6 Å². The van der Waals surface area contributed by atoms with Crippen LogP contribution in [-0.2, 0) is 13.0 Å². The van der Waals surface area contributed by atoms with Gasteiger partial charge in [0, 0.05) is 43.3 Å². The lowest BCUT2D eigenvalue weighted by Gasteiger charge is -2.07. The number of H-pyrrole nitrogens is 1. The van der Waals surface area contributed by atoms with Gasteiger partial charge < -0.3 is 15.6 Å². The fourth-order valence-electron chi connectivity index (χ4n) is 2.28. The summed E-state index contributed by atoms with van der Waals surface area (Å²) >= 11 is 0. The van der Waals surface area contributed by atoms with Gasteiger partial charge in [-0.1, -0.05) is 19.1 Å². The molecule has 0 aliphatic heterocycles. The molecule has 0 atom stereocenters. The molecule has 0 bridgehead atoms. The largest absolute Gasteiger partial charge is 0.369 e. The predicted molar refractivity (Wildman–Crippen MR) is 88.7 cm³/mol. The zero-order chi connectivity index (χ0) is 15.2. The van der Waals surface area contributed by atoms with Crippen LogP contribution in [0.15, 0.2) is 36.5 Å². The van der Waals surface area contributed by atoms with Gasteiger partial charge >= 0.3 is 0 Å². The van der Waals surface area contributed by atoms with Crippen LogP contribution in [0.4, 0.5) is 5.82 Å². The molecule has 2 aromatic heterocycles. The van der Waals surface area contributed by atoms with Crippen LogP contribution in [0.5, 0.6) is 0 Å². The Labute approximate surface area is 130 Å². The van der Waals surface area contributed by atoms with Gasteiger partial charge in [0.05, 0.1) is 5.52 Å². The maximum Gasteiger partial charge on any atom is 0.126 e. The van der Waals surface area contributed by atoms with Gasteiger partial charge in [-0.05, 0) is 24.3 Å². The highest BCUT2D eigenvalue weighted by Crippen LogP contribution is 2.13. The Bertz CT molecular complexity index is 735. The molecule has 0 unspecified atom stereocenters. The summed E-state index contributed by atoms with van der Waals surface area (Å²) in [6.07, 6.45) is 2.83. The molecule has 3 aromatic rings. The lowest BCUT2D eigenvalue weighted by molar-refractivity contribution is 0.693. The highest BCUT2D eigenvalue weighted by Gasteiger charge is 1.99. The summed E-state index contributed by atoms with van der Waals surface area (Å²) < 4.78 is 0. The van der Waals surface area contributed by atoms with Crippen molar-refractivity contribution in [2.45, 2.75) is 19.9 Å². The van der Waals surface area contributed by atoms with Crippen molar-refractivity contribution in [2.24, 2.45) is 0 Å². The van der Waals surface area contributed by atoms with Gasteiger partial charge in [-0.25, -0.2) is 9.97 Å². The molecular formula is C17H20N5. The molecule has 0 aliphatic carbocycles. The molecule has 5 nitrogen and oxygen atoms in total. The van der Waals surface area contributed by atoms with Crippen molar-refractivity contribution < 1.29 is 0 Å². The molecule has 0 saturated carbocycles. The first kappa shape index (κ1) is 14.5. The first-order chi connectivity index (χ1) is 10.8. The number of aromatic nitrogens is 3. The minimum Gasteiger partial charge on any atom is -0.369 e. The van der Waals surface area contributed by atoms with E-state index in [1.165, 1.54) is 0 Å². The summed E-state index contributed by atoms with van der Waals surface area (Å²) in [4.78, 5) is 12.1. The van der Waals surface area contributed by atoms with Crippen molar-refractivity contribution >= 4 is 16.7 Å². The minimum atomic E-state index is 0.800. The number of imidazole rings is 1. The van der Waals surface area contributed by atoms with E-state index in [9.17, 15) is 0 Å². The minimum absolute atomic E-state index is 0.800. The van der Waals surface area contributed by atoms with Gasteiger partial charge in [0.2, 0.25) is 0 Å². The van der Waals surface area contributed by atoms with Gasteiger partial charge in [-0.3, -0.25) is 0 Å². The van der Waals surface area contributed by atoms with Crippen molar-refractivity contribution in [1.29, 1.82) is 0 Å². The van der Waals surface area contributed by atoms with Crippen LogP contribution < -0.4 is 10.6 Å². The van der Waals surface area contributed by atoms with Gasteiger partial charge in [0.15, 0.2) is 0 Å². The number of pyridine rings is 1. The zero-order valence-electron chi connectivity index (χ0n) is 12.7. The normalized spacial score (nSPS) is 11.0. The summed E-state index contributed by atoms with van der Waals surface area (Å²) in [6.45, 7) is 4.58. The van der Waals surface area contributed by atoms with E-state index in [4.69, 9.17) is 0 Å². The van der Waals surface area contributed by atoms with Crippen LogP contribution in [0.3, 0.4) is 0 Å². The van der Waals surface area contributed by atoms with Crippen molar-refractivity contribution in [3.63, 3.8) is 0 Å². The number of aromatic amines is 1. The lowest BCUT2D eigenvalue weighted by atomic mass is 10.2. The fourth-order valence-corrected chi connectivity index (χ4v) is 2.28. The van der Waals surface area contributed by atoms with Crippen molar-refractivity contribution in [3.05, 3.63) is 54.1 Å². The Morgan fingerprint density at radius 3 is 3.05 bits per heavy atom. The second kappa shape index (κ2) is 7.04. The molecule has 0 fully saturated rings. The van der Waals surface area contributed by atoms with Gasteiger partial charge in [-0.2, -0.15) is 0 Å². The highest BCUT2D eigenvalue weighted by molar-refractivity contribution is 5.79. The van der Waals surface area contributed by atoms with E-state index in [1.54, 1.807) is 0 Å². The highest BCUT2D eigenvalue weighted by atomic mass is 15.0. The zero-order valence-corrected chi connectivity index (χ0v) is 12.7. The lowest BCUT2D eigenvalue weighted by Crippen LogP contribution is -2.22. The third-order valence-electron chi connectivity index (χ3n) is 3.45. The average Bonchev–Trinajstić information content (AvgIpc) is 3.02. The van der Waals surface area contributed by atoms with E-state index in [0.29, 0.717) is 0 Å². The molecule has 3 rings (SSSR count). The molecule has 22 heavy (non-hydrogen) atoms.